The molecule has 9 heteroatoms. The van der Waals surface area contributed by atoms with Gasteiger partial charge in [0, 0.05) is 23.6 Å². The van der Waals surface area contributed by atoms with E-state index in [-0.39, 0.29) is 35.7 Å². The summed E-state index contributed by atoms with van der Waals surface area (Å²) in [5.41, 5.74) is 1.66. The highest BCUT2D eigenvalue weighted by Gasteiger charge is 2.44. The Bertz CT molecular complexity index is 1190. The van der Waals surface area contributed by atoms with E-state index in [0.717, 1.165) is 27.6 Å². The third-order valence-electron chi connectivity index (χ3n) is 5.17. The summed E-state index contributed by atoms with van der Waals surface area (Å²) in [7, 11) is 0. The van der Waals surface area contributed by atoms with Crippen LogP contribution in [0.25, 0.3) is 16.5 Å². The van der Waals surface area contributed by atoms with Crippen LogP contribution in [0.3, 0.4) is 0 Å². The van der Waals surface area contributed by atoms with Gasteiger partial charge >= 0.3 is 18.3 Å². The first-order chi connectivity index (χ1) is 15.3. The van der Waals surface area contributed by atoms with Crippen LogP contribution in [0.2, 0.25) is 0 Å². The highest BCUT2D eigenvalue weighted by atomic mass is 19.4. The molecule has 0 aliphatic carbocycles. The summed E-state index contributed by atoms with van der Waals surface area (Å²) >= 11 is 0. The van der Waals surface area contributed by atoms with Crippen LogP contribution in [-0.4, -0.2) is 41.3 Å². The van der Waals surface area contributed by atoms with Crippen LogP contribution in [0, 0.1) is 0 Å². The molecule has 1 N–H and O–H groups in total. The fraction of sp³-hybridized carbons (Fsp3) is 0.217. The van der Waals surface area contributed by atoms with Crippen LogP contribution in [0.15, 0.2) is 60.8 Å². The molecule has 3 aromatic rings. The average molecular weight is 443 g/mol. The molecule has 0 atom stereocenters. The first-order valence-corrected chi connectivity index (χ1v) is 10.0. The minimum Gasteiger partial charge on any atom is -0.462 e. The van der Waals surface area contributed by atoms with Crippen molar-refractivity contribution < 1.29 is 27.5 Å². The maximum atomic E-state index is 13.9. The fourth-order valence-electron chi connectivity index (χ4n) is 3.79. The van der Waals surface area contributed by atoms with Gasteiger partial charge < -0.3 is 9.72 Å². The number of alkyl halides is 3. The topological polar surface area (TPSA) is 65.6 Å². The molecular formula is C23H20F3N3O3. The Balaban J connectivity index is 1.80. The number of anilines is 1. The number of benzene rings is 2. The van der Waals surface area contributed by atoms with Crippen LogP contribution in [-0.2, 0) is 16.0 Å². The second-order valence-corrected chi connectivity index (χ2v) is 7.15. The number of carbonyl (C=O) groups excluding carboxylic acids is 2. The number of aromatic nitrogens is 1. The van der Waals surface area contributed by atoms with E-state index in [1.54, 1.807) is 13.0 Å². The number of H-pyrrole nitrogens is 1. The molecule has 0 bridgehead atoms. The first kappa shape index (κ1) is 21.5. The zero-order chi connectivity index (χ0) is 22.9. The lowest BCUT2D eigenvalue weighted by Gasteiger charge is -2.29. The van der Waals surface area contributed by atoms with Gasteiger partial charge in [-0.15, -0.1) is 13.2 Å². The van der Waals surface area contributed by atoms with Crippen LogP contribution in [0.4, 0.5) is 23.7 Å². The van der Waals surface area contributed by atoms with Crippen molar-refractivity contribution in [2.24, 2.45) is 0 Å². The number of rotatable bonds is 3. The number of hydrogen-bond donors (Lipinski definition) is 1. The lowest BCUT2D eigenvalue weighted by Crippen LogP contribution is -2.49. The van der Waals surface area contributed by atoms with Crippen molar-refractivity contribution in [1.29, 1.82) is 0 Å². The van der Waals surface area contributed by atoms with E-state index >= 15 is 0 Å². The maximum absolute atomic E-state index is 13.9. The third kappa shape index (κ3) is 3.93. The quantitative estimate of drug-likeness (QED) is 0.454. The lowest BCUT2D eigenvalue weighted by atomic mass is 10.0. The minimum absolute atomic E-state index is 0.000846. The van der Waals surface area contributed by atoms with E-state index in [1.165, 1.54) is 24.3 Å². The Morgan fingerprint density at radius 3 is 2.47 bits per heavy atom. The molecule has 2 heterocycles. The van der Waals surface area contributed by atoms with E-state index in [0.29, 0.717) is 5.69 Å². The second kappa shape index (κ2) is 8.41. The van der Waals surface area contributed by atoms with E-state index < -0.39 is 18.3 Å². The Kier molecular flexibility index (Phi) is 5.65. The van der Waals surface area contributed by atoms with Gasteiger partial charge in [-0.05, 0) is 37.1 Å². The molecule has 2 amide bonds. The molecule has 2 aromatic carbocycles. The number of fused-ring (bicyclic) bond motifs is 3. The van der Waals surface area contributed by atoms with Crippen molar-refractivity contribution in [2.75, 3.05) is 18.1 Å². The third-order valence-corrected chi connectivity index (χ3v) is 5.17. The summed E-state index contributed by atoms with van der Waals surface area (Å²) in [6.07, 6.45) is -3.56. The number of amides is 2. The Morgan fingerprint density at radius 2 is 1.78 bits per heavy atom. The van der Waals surface area contributed by atoms with Crippen molar-refractivity contribution in [3.8, 4) is 0 Å². The molecule has 166 valence electrons. The fourth-order valence-corrected chi connectivity index (χ4v) is 3.79. The van der Waals surface area contributed by atoms with Crippen molar-refractivity contribution in [1.82, 2.24) is 9.88 Å². The van der Waals surface area contributed by atoms with Crippen molar-refractivity contribution in [3.05, 3.63) is 72.1 Å². The molecule has 0 fully saturated rings. The van der Waals surface area contributed by atoms with Gasteiger partial charge in [0.05, 0.1) is 23.6 Å². The molecule has 0 saturated carbocycles. The van der Waals surface area contributed by atoms with Gasteiger partial charge in [0.2, 0.25) is 0 Å². The number of aromatic amines is 1. The number of esters is 1. The van der Waals surface area contributed by atoms with E-state index in [1.807, 2.05) is 24.3 Å². The number of urea groups is 1. The van der Waals surface area contributed by atoms with Crippen LogP contribution < -0.4 is 4.90 Å². The van der Waals surface area contributed by atoms with Gasteiger partial charge in [-0.3, -0.25) is 4.90 Å². The van der Waals surface area contributed by atoms with Gasteiger partial charge in [0.1, 0.15) is 0 Å². The number of para-hydroxylation sites is 2. The summed E-state index contributed by atoms with van der Waals surface area (Å²) in [5, 5.41) is 0.836. The van der Waals surface area contributed by atoms with Crippen LogP contribution in [0.1, 0.15) is 18.2 Å². The molecule has 1 aromatic heterocycles. The van der Waals surface area contributed by atoms with Crippen LogP contribution in [0.5, 0.6) is 0 Å². The summed E-state index contributed by atoms with van der Waals surface area (Å²) in [6.45, 7) is 1.67. The monoisotopic (exact) mass is 443 g/mol. The SMILES string of the molecule is CCOC(=O)C1=CN(C(=O)N(c2ccccc2)C(F)(F)F)CCc2c1[nH]c1ccccc21. The number of carbonyl (C=O) groups is 2. The van der Waals surface area contributed by atoms with E-state index in [4.69, 9.17) is 4.74 Å². The Labute approximate surface area is 181 Å². The molecule has 0 saturated heterocycles. The molecule has 0 radical (unpaired) electrons. The van der Waals surface area contributed by atoms with Crippen molar-refractivity contribution >= 4 is 34.2 Å². The van der Waals surface area contributed by atoms with Crippen LogP contribution >= 0.6 is 0 Å². The number of halogens is 3. The van der Waals surface area contributed by atoms with Gasteiger partial charge in [0.25, 0.3) is 0 Å². The largest absolute Gasteiger partial charge is 0.493 e. The second-order valence-electron chi connectivity index (χ2n) is 7.15. The minimum atomic E-state index is -4.95. The van der Waals surface area contributed by atoms with E-state index in [2.05, 4.69) is 4.98 Å². The number of nitrogens with one attached hydrogen (secondary N) is 1. The van der Waals surface area contributed by atoms with Gasteiger partial charge in [0.15, 0.2) is 0 Å². The summed E-state index contributed by atoms with van der Waals surface area (Å²) in [4.78, 5) is 29.6. The Morgan fingerprint density at radius 1 is 1.09 bits per heavy atom. The molecule has 0 spiro atoms. The lowest BCUT2D eigenvalue weighted by molar-refractivity contribution is -0.136. The molecule has 1 aliphatic rings. The van der Waals surface area contributed by atoms with Gasteiger partial charge in [-0.2, -0.15) is 0 Å². The normalized spacial score (nSPS) is 13.9. The zero-order valence-electron chi connectivity index (χ0n) is 17.1. The molecular weight excluding hydrogens is 423 g/mol. The summed E-state index contributed by atoms with van der Waals surface area (Å²) < 4.78 is 46.7. The number of ether oxygens (including phenoxy) is 1. The van der Waals surface area contributed by atoms with E-state index in [9.17, 15) is 22.8 Å². The first-order valence-electron chi connectivity index (χ1n) is 10.0. The molecule has 4 rings (SSSR count). The number of hydrogen-bond acceptors (Lipinski definition) is 3. The maximum Gasteiger partial charge on any atom is 0.493 e. The molecule has 6 nitrogen and oxygen atoms in total. The molecule has 1 aliphatic heterocycles. The number of nitrogens with zero attached hydrogens (tertiary/aromatic N) is 2. The highest BCUT2D eigenvalue weighted by Crippen LogP contribution is 2.34. The highest BCUT2D eigenvalue weighted by molar-refractivity contribution is 6.18. The zero-order valence-corrected chi connectivity index (χ0v) is 17.1. The van der Waals surface area contributed by atoms with Gasteiger partial charge in [-0.25, -0.2) is 14.5 Å². The van der Waals surface area contributed by atoms with Crippen molar-refractivity contribution in [3.63, 3.8) is 0 Å². The smallest absolute Gasteiger partial charge is 0.462 e. The molecule has 32 heavy (non-hydrogen) atoms. The summed E-state index contributed by atoms with van der Waals surface area (Å²) in [5.74, 6) is -0.724. The van der Waals surface area contributed by atoms with Gasteiger partial charge in [-0.1, -0.05) is 36.4 Å². The Hall–Kier alpha value is -3.75. The van der Waals surface area contributed by atoms with Crippen molar-refractivity contribution in [2.45, 2.75) is 19.6 Å². The average Bonchev–Trinajstić information content (AvgIpc) is 3.01. The molecule has 0 unspecified atom stereocenters. The predicted molar refractivity (Wildman–Crippen MR) is 114 cm³/mol. The standard InChI is InChI=1S/C23H20F3N3O3/c1-2-32-21(30)18-14-28(13-12-17-16-10-6-7-11-19(16)27-20(17)18)22(31)29(23(24,25)26)15-8-4-3-5-9-15/h3-11,14,27H,2,12-13H2,1H3. The predicted octanol–water partition coefficient (Wildman–Crippen LogP) is 5.08. The summed E-state index contributed by atoms with van der Waals surface area (Å²) in [6, 6.07) is 12.9.